The van der Waals surface area contributed by atoms with E-state index in [9.17, 15) is 0 Å². The van der Waals surface area contributed by atoms with Crippen LogP contribution in [0.4, 0.5) is 0 Å². The Balaban J connectivity index is 4.01. The monoisotopic (exact) mass is 126 g/mol. The summed E-state index contributed by atoms with van der Waals surface area (Å²) in [5.74, 6) is 0.471. The zero-order chi connectivity index (χ0) is 7.28. The molecule has 0 aromatic heterocycles. The molecule has 9 heavy (non-hydrogen) atoms. The highest BCUT2D eigenvalue weighted by molar-refractivity contribution is 5.78. The number of allylic oxidation sites excluding steroid dienone is 1. The average molecular weight is 126 g/mol. The molecule has 0 aliphatic rings. The molecule has 0 aliphatic heterocycles. The maximum absolute atomic E-state index is 5.31. The van der Waals surface area contributed by atoms with Crippen LogP contribution in [0.2, 0.25) is 0 Å². The molecule has 0 atom stereocenters. The molecule has 2 nitrogen and oxygen atoms in total. The first-order valence-electron chi connectivity index (χ1n) is 3.06. The molecule has 0 aromatic carbocycles. The zero-order valence-corrected chi connectivity index (χ0v) is 6.26. The summed E-state index contributed by atoms with van der Waals surface area (Å²) in [6.45, 7) is 4.17. The largest absolute Gasteiger partial charge is 0.404 e. The fourth-order valence-electron chi connectivity index (χ4n) is 0.534. The Bertz CT molecular complexity index is 123. The van der Waals surface area contributed by atoms with Gasteiger partial charge < -0.3 is 5.73 Å². The summed E-state index contributed by atoms with van der Waals surface area (Å²) in [4.78, 5) is 3.85. The van der Waals surface area contributed by atoms with Crippen molar-refractivity contribution in [3.8, 4) is 0 Å². The molecule has 0 aromatic rings. The van der Waals surface area contributed by atoms with Crippen LogP contribution in [-0.2, 0) is 0 Å². The standard InChI is InChI=1S/C7H14N2/c1-6(2)7(4-8)5-9-3/h4-6H,8H2,1-3H3. The Kier molecular flexibility index (Phi) is 3.76. The van der Waals surface area contributed by atoms with E-state index in [4.69, 9.17) is 5.73 Å². The lowest BCUT2D eigenvalue weighted by Crippen LogP contribution is -1.98. The lowest BCUT2D eigenvalue weighted by atomic mass is 10.1. The summed E-state index contributed by atoms with van der Waals surface area (Å²) in [7, 11) is 1.74. The van der Waals surface area contributed by atoms with Crippen molar-refractivity contribution >= 4 is 6.21 Å². The van der Waals surface area contributed by atoms with Crippen molar-refractivity contribution in [2.75, 3.05) is 7.05 Å². The third-order valence-electron chi connectivity index (χ3n) is 1.14. The van der Waals surface area contributed by atoms with Gasteiger partial charge in [-0.25, -0.2) is 0 Å². The van der Waals surface area contributed by atoms with Crippen LogP contribution in [0.5, 0.6) is 0 Å². The molecule has 0 fully saturated rings. The maximum Gasteiger partial charge on any atom is 0.0277 e. The Hall–Kier alpha value is -0.790. The van der Waals surface area contributed by atoms with E-state index in [1.165, 1.54) is 0 Å². The molecular weight excluding hydrogens is 112 g/mol. The molecule has 0 aliphatic carbocycles. The van der Waals surface area contributed by atoms with Crippen LogP contribution in [0.25, 0.3) is 0 Å². The van der Waals surface area contributed by atoms with Gasteiger partial charge in [0.1, 0.15) is 0 Å². The van der Waals surface area contributed by atoms with Crippen molar-refractivity contribution in [1.29, 1.82) is 0 Å². The highest BCUT2D eigenvalue weighted by atomic mass is 14.6. The Morgan fingerprint density at radius 2 is 2.11 bits per heavy atom. The van der Waals surface area contributed by atoms with Gasteiger partial charge in [-0.1, -0.05) is 13.8 Å². The van der Waals surface area contributed by atoms with E-state index in [2.05, 4.69) is 18.8 Å². The van der Waals surface area contributed by atoms with E-state index >= 15 is 0 Å². The SMILES string of the molecule is CN=CC(=CN)C(C)C. The van der Waals surface area contributed by atoms with Crippen molar-refractivity contribution < 1.29 is 0 Å². The van der Waals surface area contributed by atoms with Gasteiger partial charge in [0.2, 0.25) is 0 Å². The third kappa shape index (κ3) is 2.90. The molecule has 0 radical (unpaired) electrons. The fraction of sp³-hybridized carbons (Fsp3) is 0.571. The Morgan fingerprint density at radius 3 is 2.22 bits per heavy atom. The van der Waals surface area contributed by atoms with Crippen molar-refractivity contribution in [1.82, 2.24) is 0 Å². The summed E-state index contributed by atoms with van der Waals surface area (Å²) in [6.07, 6.45) is 3.38. The molecule has 0 unspecified atom stereocenters. The topological polar surface area (TPSA) is 38.4 Å². The fourth-order valence-corrected chi connectivity index (χ4v) is 0.534. The van der Waals surface area contributed by atoms with Gasteiger partial charge in [-0.3, -0.25) is 4.99 Å². The summed E-state index contributed by atoms with van der Waals surface area (Å²) in [5, 5.41) is 0. The third-order valence-corrected chi connectivity index (χ3v) is 1.14. The van der Waals surface area contributed by atoms with Gasteiger partial charge >= 0.3 is 0 Å². The average Bonchev–Trinajstić information content (AvgIpc) is 1.82. The van der Waals surface area contributed by atoms with Gasteiger partial charge in [0.05, 0.1) is 0 Å². The van der Waals surface area contributed by atoms with Crippen LogP contribution in [-0.4, -0.2) is 13.3 Å². The smallest absolute Gasteiger partial charge is 0.0277 e. The normalized spacial score (nSPS) is 13.6. The second kappa shape index (κ2) is 4.13. The summed E-state index contributed by atoms with van der Waals surface area (Å²) >= 11 is 0. The molecular formula is C7H14N2. The second-order valence-corrected chi connectivity index (χ2v) is 2.21. The Morgan fingerprint density at radius 1 is 1.56 bits per heavy atom. The van der Waals surface area contributed by atoms with Gasteiger partial charge in [-0.05, 0) is 17.7 Å². The van der Waals surface area contributed by atoms with E-state index in [0.717, 1.165) is 5.57 Å². The molecule has 0 bridgehead atoms. The number of nitrogens with zero attached hydrogens (tertiary/aromatic N) is 1. The molecule has 0 saturated carbocycles. The van der Waals surface area contributed by atoms with E-state index in [1.807, 2.05) is 0 Å². The second-order valence-electron chi connectivity index (χ2n) is 2.21. The minimum absolute atomic E-state index is 0.471. The first kappa shape index (κ1) is 8.21. The highest BCUT2D eigenvalue weighted by Crippen LogP contribution is 2.03. The predicted octanol–water partition coefficient (Wildman–Crippen LogP) is 1.19. The Labute approximate surface area is 56.5 Å². The van der Waals surface area contributed by atoms with Gasteiger partial charge in [0.15, 0.2) is 0 Å². The van der Waals surface area contributed by atoms with Crippen LogP contribution >= 0.6 is 0 Å². The molecule has 0 spiro atoms. The highest BCUT2D eigenvalue weighted by Gasteiger charge is 1.96. The van der Waals surface area contributed by atoms with Gasteiger partial charge in [-0.2, -0.15) is 0 Å². The summed E-state index contributed by atoms with van der Waals surface area (Å²) < 4.78 is 0. The number of hydrogen-bond donors (Lipinski definition) is 1. The minimum atomic E-state index is 0.471. The van der Waals surface area contributed by atoms with E-state index in [0.29, 0.717) is 5.92 Å². The lowest BCUT2D eigenvalue weighted by molar-refractivity contribution is 0.803. The van der Waals surface area contributed by atoms with Crippen molar-refractivity contribution in [3.05, 3.63) is 11.8 Å². The molecule has 0 heterocycles. The number of nitrogens with two attached hydrogens (primary N) is 1. The summed E-state index contributed by atoms with van der Waals surface area (Å²) in [5.41, 5.74) is 6.39. The molecule has 52 valence electrons. The molecule has 0 amide bonds. The van der Waals surface area contributed by atoms with Crippen LogP contribution in [0.3, 0.4) is 0 Å². The van der Waals surface area contributed by atoms with E-state index in [-0.39, 0.29) is 0 Å². The van der Waals surface area contributed by atoms with Crippen LogP contribution in [0, 0.1) is 5.92 Å². The summed E-state index contributed by atoms with van der Waals surface area (Å²) in [6, 6.07) is 0. The van der Waals surface area contributed by atoms with Gasteiger partial charge in [-0.15, -0.1) is 0 Å². The van der Waals surface area contributed by atoms with Crippen molar-refractivity contribution in [2.24, 2.45) is 16.6 Å². The van der Waals surface area contributed by atoms with Crippen molar-refractivity contribution in [3.63, 3.8) is 0 Å². The van der Waals surface area contributed by atoms with Gasteiger partial charge in [0.25, 0.3) is 0 Å². The number of rotatable bonds is 2. The van der Waals surface area contributed by atoms with Crippen molar-refractivity contribution in [2.45, 2.75) is 13.8 Å². The first-order valence-corrected chi connectivity index (χ1v) is 3.06. The number of aliphatic imine (C=N–C) groups is 1. The van der Waals surface area contributed by atoms with Crippen LogP contribution in [0.15, 0.2) is 16.8 Å². The van der Waals surface area contributed by atoms with E-state index < -0.39 is 0 Å². The van der Waals surface area contributed by atoms with E-state index in [1.54, 1.807) is 19.5 Å². The minimum Gasteiger partial charge on any atom is -0.404 e. The maximum atomic E-state index is 5.31. The lowest BCUT2D eigenvalue weighted by Gasteiger charge is -2.01. The molecule has 2 heteroatoms. The quantitative estimate of drug-likeness (QED) is 0.554. The van der Waals surface area contributed by atoms with Gasteiger partial charge in [0, 0.05) is 13.3 Å². The molecule has 0 saturated heterocycles. The zero-order valence-electron chi connectivity index (χ0n) is 6.26. The van der Waals surface area contributed by atoms with Crippen LogP contribution in [0.1, 0.15) is 13.8 Å². The molecule has 0 rings (SSSR count). The van der Waals surface area contributed by atoms with Crippen LogP contribution < -0.4 is 5.73 Å². The number of hydrogen-bond acceptors (Lipinski definition) is 2. The first-order chi connectivity index (χ1) is 4.22. The predicted molar refractivity (Wildman–Crippen MR) is 41.5 cm³/mol. The molecule has 2 N–H and O–H groups in total.